The Morgan fingerprint density at radius 2 is 2.29 bits per heavy atom. The van der Waals surface area contributed by atoms with E-state index in [-0.39, 0.29) is 17.5 Å². The van der Waals surface area contributed by atoms with Crippen LogP contribution >= 0.6 is 0 Å². The van der Waals surface area contributed by atoms with Crippen molar-refractivity contribution in [2.45, 2.75) is 25.9 Å². The first kappa shape index (κ1) is 8.93. The molecule has 0 aliphatic carbocycles. The molecule has 0 aromatic carbocycles. The van der Waals surface area contributed by atoms with E-state index < -0.39 is 0 Å². The third-order valence-electron chi connectivity index (χ3n) is 2.19. The summed E-state index contributed by atoms with van der Waals surface area (Å²) in [6, 6.07) is 3.23. The summed E-state index contributed by atoms with van der Waals surface area (Å²) in [6.45, 7) is 2.29. The average molecular weight is 193 g/mol. The molecule has 1 amide bonds. The third kappa shape index (κ3) is 1.66. The van der Waals surface area contributed by atoms with Crippen molar-refractivity contribution in [2.24, 2.45) is 0 Å². The zero-order valence-corrected chi connectivity index (χ0v) is 7.86. The maximum absolute atomic E-state index is 11.3. The molecule has 1 aliphatic heterocycles. The lowest BCUT2D eigenvalue weighted by Crippen LogP contribution is -2.52. The van der Waals surface area contributed by atoms with Gasteiger partial charge in [0.2, 0.25) is 5.91 Å². The minimum absolute atomic E-state index is 0.0377. The Kier molecular flexibility index (Phi) is 2.07. The molecule has 1 aromatic heterocycles. The zero-order chi connectivity index (χ0) is 10.1. The Morgan fingerprint density at radius 3 is 2.93 bits per heavy atom. The van der Waals surface area contributed by atoms with Crippen LogP contribution in [0.3, 0.4) is 0 Å². The molecule has 74 valence electrons. The second-order valence-corrected chi connectivity index (χ2v) is 3.46. The lowest BCUT2D eigenvalue weighted by Gasteiger charge is -2.26. The maximum Gasteiger partial charge on any atom is 0.266 e. The summed E-state index contributed by atoms with van der Waals surface area (Å²) in [5, 5.41) is 6.77. The molecule has 0 radical (unpaired) electrons. The van der Waals surface area contributed by atoms with Gasteiger partial charge in [0.15, 0.2) is 0 Å². The van der Waals surface area contributed by atoms with Crippen molar-refractivity contribution in [1.82, 2.24) is 15.1 Å². The number of carbonyl (C=O) groups is 1. The molecule has 1 aliphatic rings. The molecule has 1 unspecified atom stereocenters. The summed E-state index contributed by atoms with van der Waals surface area (Å²) in [7, 11) is 0. The second-order valence-electron chi connectivity index (χ2n) is 3.46. The van der Waals surface area contributed by atoms with E-state index in [1.54, 1.807) is 6.07 Å². The average Bonchev–Trinajstić information content (AvgIpc) is 2.09. The molecule has 2 rings (SSSR count). The predicted molar refractivity (Wildman–Crippen MR) is 49.8 cm³/mol. The zero-order valence-electron chi connectivity index (χ0n) is 7.86. The largest absolute Gasteiger partial charge is 0.351 e. The van der Waals surface area contributed by atoms with Gasteiger partial charge in [-0.15, -0.1) is 0 Å². The van der Waals surface area contributed by atoms with Gasteiger partial charge in [-0.05, 0) is 13.0 Å². The van der Waals surface area contributed by atoms with E-state index in [0.29, 0.717) is 13.0 Å². The van der Waals surface area contributed by atoms with Crippen molar-refractivity contribution in [1.29, 1.82) is 0 Å². The van der Waals surface area contributed by atoms with Crippen molar-refractivity contribution in [3.63, 3.8) is 0 Å². The van der Waals surface area contributed by atoms with Gasteiger partial charge in [-0.1, -0.05) is 0 Å². The van der Waals surface area contributed by atoms with E-state index in [2.05, 4.69) is 10.4 Å². The number of aryl methyl sites for hydroxylation is 1. The van der Waals surface area contributed by atoms with Crippen molar-refractivity contribution in [3.8, 4) is 0 Å². The molecule has 1 aromatic rings. The van der Waals surface area contributed by atoms with Gasteiger partial charge in [-0.25, -0.2) is 4.68 Å². The predicted octanol–water partition coefficient (Wildman–Crippen LogP) is -0.560. The van der Waals surface area contributed by atoms with E-state index in [1.165, 1.54) is 10.7 Å². The van der Waals surface area contributed by atoms with Crippen molar-refractivity contribution in [2.75, 3.05) is 0 Å². The highest BCUT2D eigenvalue weighted by Crippen LogP contribution is 2.04. The van der Waals surface area contributed by atoms with Crippen LogP contribution in [0.25, 0.3) is 0 Å². The Balaban J connectivity index is 2.12. The van der Waals surface area contributed by atoms with E-state index in [9.17, 15) is 9.59 Å². The highest BCUT2D eigenvalue weighted by atomic mass is 16.2. The number of nitrogens with zero attached hydrogens (tertiary/aromatic N) is 2. The number of aromatic nitrogens is 2. The number of hydrogen-bond donors (Lipinski definition) is 1. The molecule has 0 saturated carbocycles. The molecule has 1 fully saturated rings. The van der Waals surface area contributed by atoms with Crippen LogP contribution in [-0.4, -0.2) is 21.7 Å². The van der Waals surface area contributed by atoms with Crippen LogP contribution in [0.15, 0.2) is 16.9 Å². The van der Waals surface area contributed by atoms with Gasteiger partial charge in [0.1, 0.15) is 0 Å². The summed E-state index contributed by atoms with van der Waals surface area (Å²) < 4.78 is 1.39. The molecule has 14 heavy (non-hydrogen) atoms. The fraction of sp³-hybridized carbons (Fsp3) is 0.444. The van der Waals surface area contributed by atoms with Crippen molar-refractivity contribution in [3.05, 3.63) is 28.2 Å². The minimum Gasteiger partial charge on any atom is -0.351 e. The quantitative estimate of drug-likeness (QED) is 0.640. The molecule has 0 spiro atoms. The summed E-state index contributed by atoms with van der Waals surface area (Å²) >= 11 is 0. The van der Waals surface area contributed by atoms with E-state index in [4.69, 9.17) is 0 Å². The van der Waals surface area contributed by atoms with Gasteiger partial charge in [0.25, 0.3) is 5.56 Å². The summed E-state index contributed by atoms with van der Waals surface area (Å²) in [4.78, 5) is 21.9. The topological polar surface area (TPSA) is 64.0 Å². The van der Waals surface area contributed by atoms with Crippen LogP contribution in [-0.2, 0) is 11.3 Å². The van der Waals surface area contributed by atoms with Crippen LogP contribution in [0.2, 0.25) is 0 Å². The van der Waals surface area contributed by atoms with Gasteiger partial charge in [0.05, 0.1) is 18.3 Å². The molecule has 2 heterocycles. The summed E-state index contributed by atoms with van der Waals surface area (Å²) in [5.41, 5.74) is 0.673. The van der Waals surface area contributed by atoms with Crippen LogP contribution in [0.4, 0.5) is 0 Å². The standard InChI is InChI=1S/C9H11N3O2/c1-6-2-3-9(14)12(11-6)5-7-4-8(13)10-7/h2-3,7H,4-5H2,1H3,(H,10,13). The fourth-order valence-electron chi connectivity index (χ4n) is 1.43. The minimum atomic E-state index is -0.128. The monoisotopic (exact) mass is 193 g/mol. The normalized spacial score (nSPS) is 20.1. The Labute approximate surface area is 80.7 Å². The SMILES string of the molecule is Cc1ccc(=O)n(CC2CC(=O)N2)n1. The number of amides is 1. The van der Waals surface area contributed by atoms with E-state index >= 15 is 0 Å². The fourth-order valence-corrected chi connectivity index (χ4v) is 1.43. The molecule has 1 N–H and O–H groups in total. The first-order valence-electron chi connectivity index (χ1n) is 4.49. The second kappa shape index (κ2) is 3.25. The van der Waals surface area contributed by atoms with Crippen LogP contribution in [0, 0.1) is 6.92 Å². The number of β-lactam (4-membered cyclic amide) rings is 1. The Bertz CT molecular complexity index is 416. The molecule has 1 atom stereocenters. The molecular weight excluding hydrogens is 182 g/mol. The third-order valence-corrected chi connectivity index (χ3v) is 2.19. The highest BCUT2D eigenvalue weighted by molar-refractivity contribution is 5.82. The molecule has 1 saturated heterocycles. The summed E-state index contributed by atoms with van der Waals surface area (Å²) in [6.07, 6.45) is 0.488. The van der Waals surface area contributed by atoms with Gasteiger partial charge in [0, 0.05) is 12.5 Å². The number of rotatable bonds is 2. The van der Waals surface area contributed by atoms with Gasteiger partial charge in [-0.3, -0.25) is 9.59 Å². The molecule has 0 bridgehead atoms. The van der Waals surface area contributed by atoms with Crippen molar-refractivity contribution < 1.29 is 4.79 Å². The van der Waals surface area contributed by atoms with Crippen molar-refractivity contribution >= 4 is 5.91 Å². The van der Waals surface area contributed by atoms with Gasteiger partial charge in [-0.2, -0.15) is 5.10 Å². The van der Waals surface area contributed by atoms with Crippen LogP contribution in [0.1, 0.15) is 12.1 Å². The Morgan fingerprint density at radius 1 is 1.57 bits per heavy atom. The highest BCUT2D eigenvalue weighted by Gasteiger charge is 2.25. The lowest BCUT2D eigenvalue weighted by atomic mass is 10.1. The first-order valence-corrected chi connectivity index (χ1v) is 4.49. The maximum atomic E-state index is 11.3. The van der Waals surface area contributed by atoms with Gasteiger partial charge < -0.3 is 5.32 Å². The van der Waals surface area contributed by atoms with Gasteiger partial charge >= 0.3 is 0 Å². The number of carbonyl (C=O) groups excluding carboxylic acids is 1. The van der Waals surface area contributed by atoms with Crippen LogP contribution < -0.4 is 10.9 Å². The number of hydrogen-bond acceptors (Lipinski definition) is 3. The van der Waals surface area contributed by atoms with Crippen LogP contribution in [0.5, 0.6) is 0 Å². The lowest BCUT2D eigenvalue weighted by molar-refractivity contribution is -0.128. The van der Waals surface area contributed by atoms with E-state index in [0.717, 1.165) is 5.69 Å². The first-order chi connectivity index (χ1) is 6.65. The summed E-state index contributed by atoms with van der Waals surface area (Å²) in [5.74, 6) is 0.0377. The number of nitrogens with one attached hydrogen (secondary N) is 1. The van der Waals surface area contributed by atoms with E-state index in [1.807, 2.05) is 6.92 Å². The molecule has 5 nitrogen and oxygen atoms in total. The smallest absolute Gasteiger partial charge is 0.266 e. The molecule has 5 heteroatoms. The Hall–Kier alpha value is -1.65. The molecular formula is C9H11N3O2.